The number of benzene rings is 1. The van der Waals surface area contributed by atoms with Crippen molar-refractivity contribution in [2.24, 2.45) is 0 Å². The van der Waals surface area contributed by atoms with Gasteiger partial charge in [0, 0.05) is 16.1 Å². The Balaban J connectivity index is 1.93. The van der Waals surface area contributed by atoms with E-state index in [9.17, 15) is 24.5 Å². The second-order valence-corrected chi connectivity index (χ2v) is 7.99. The smallest absolute Gasteiger partial charge is 0.373 e. The Kier molecular flexibility index (Phi) is 7.16. The number of esters is 1. The van der Waals surface area contributed by atoms with Crippen LogP contribution in [-0.4, -0.2) is 40.9 Å². The number of nitrogens with zero attached hydrogens (tertiary/aromatic N) is 2. The summed E-state index contributed by atoms with van der Waals surface area (Å²) in [4.78, 5) is 48.7. The molecule has 1 aliphatic rings. The van der Waals surface area contributed by atoms with Gasteiger partial charge in [0.25, 0.3) is 5.91 Å². The fraction of sp³-hybridized carbons (Fsp3) is 0.286. The molecule has 2 aromatic rings. The molecule has 1 N–H and O–H groups in total. The molecular formula is C21H20BrN3O8. The summed E-state index contributed by atoms with van der Waals surface area (Å²) in [6.45, 7) is 3.40. The van der Waals surface area contributed by atoms with E-state index >= 15 is 0 Å². The predicted molar refractivity (Wildman–Crippen MR) is 118 cm³/mol. The summed E-state index contributed by atoms with van der Waals surface area (Å²) in [5.41, 5.74) is -0.134. The van der Waals surface area contributed by atoms with Gasteiger partial charge < -0.3 is 19.2 Å². The number of imide groups is 1. The van der Waals surface area contributed by atoms with Gasteiger partial charge in [0.1, 0.15) is 11.5 Å². The number of amides is 3. The maximum Gasteiger partial charge on any atom is 0.373 e. The zero-order chi connectivity index (χ0) is 24.3. The summed E-state index contributed by atoms with van der Waals surface area (Å²) < 4.78 is 16.0. The van der Waals surface area contributed by atoms with E-state index in [2.05, 4.69) is 26.0 Å². The van der Waals surface area contributed by atoms with E-state index in [1.807, 2.05) is 6.92 Å². The van der Waals surface area contributed by atoms with Gasteiger partial charge in [0.15, 0.2) is 0 Å². The van der Waals surface area contributed by atoms with E-state index < -0.39 is 22.8 Å². The maximum atomic E-state index is 12.9. The minimum Gasteiger partial charge on any atom is -0.483 e. The van der Waals surface area contributed by atoms with E-state index in [-0.39, 0.29) is 46.9 Å². The molecule has 0 radical (unpaired) electrons. The average Bonchev–Trinajstić information content (AvgIpc) is 3.35. The van der Waals surface area contributed by atoms with Crippen molar-refractivity contribution in [1.82, 2.24) is 10.2 Å². The second-order valence-electron chi connectivity index (χ2n) is 7.07. The number of nitrogens with one attached hydrogen (secondary N) is 1. The Labute approximate surface area is 196 Å². The number of ether oxygens (including phenoxy) is 2. The van der Waals surface area contributed by atoms with Crippen molar-refractivity contribution >= 4 is 45.6 Å². The Morgan fingerprint density at radius 2 is 2.09 bits per heavy atom. The molecule has 0 spiro atoms. The van der Waals surface area contributed by atoms with Gasteiger partial charge in [-0.3, -0.25) is 19.8 Å². The maximum absolute atomic E-state index is 12.9. The molecule has 1 fully saturated rings. The zero-order valence-electron chi connectivity index (χ0n) is 17.9. The molecule has 2 heterocycles. The van der Waals surface area contributed by atoms with Crippen LogP contribution in [0.15, 0.2) is 38.9 Å². The molecular weight excluding hydrogens is 502 g/mol. The number of furan rings is 1. The monoisotopic (exact) mass is 521 g/mol. The van der Waals surface area contributed by atoms with E-state index in [0.717, 1.165) is 4.90 Å². The van der Waals surface area contributed by atoms with Gasteiger partial charge in [-0.15, -0.1) is 0 Å². The molecule has 3 amide bonds. The molecule has 12 heteroatoms. The van der Waals surface area contributed by atoms with E-state index in [0.29, 0.717) is 10.9 Å². The highest BCUT2D eigenvalue weighted by molar-refractivity contribution is 9.10. The molecule has 0 saturated carbocycles. The van der Waals surface area contributed by atoms with Crippen molar-refractivity contribution in [2.75, 3.05) is 7.11 Å². The van der Waals surface area contributed by atoms with Crippen LogP contribution in [0.3, 0.4) is 0 Å². The van der Waals surface area contributed by atoms with Crippen LogP contribution in [0.4, 0.5) is 10.5 Å². The first-order chi connectivity index (χ1) is 15.6. The lowest BCUT2D eigenvalue weighted by Gasteiger charge is -2.15. The lowest BCUT2D eigenvalue weighted by Crippen LogP contribution is -2.30. The van der Waals surface area contributed by atoms with Crippen molar-refractivity contribution in [3.63, 3.8) is 0 Å². The van der Waals surface area contributed by atoms with Crippen molar-refractivity contribution in [1.29, 1.82) is 0 Å². The van der Waals surface area contributed by atoms with E-state index in [1.165, 1.54) is 31.4 Å². The number of carbonyl (C=O) groups is 3. The summed E-state index contributed by atoms with van der Waals surface area (Å²) in [7, 11) is 1.20. The van der Waals surface area contributed by atoms with Crippen LogP contribution < -0.4 is 10.1 Å². The van der Waals surface area contributed by atoms with Crippen LogP contribution in [0.2, 0.25) is 0 Å². The number of nitro groups is 1. The lowest BCUT2D eigenvalue weighted by atomic mass is 10.1. The third-order valence-electron chi connectivity index (χ3n) is 4.78. The highest BCUT2D eigenvalue weighted by Gasteiger charge is 2.35. The Morgan fingerprint density at radius 1 is 1.36 bits per heavy atom. The topological polar surface area (TPSA) is 141 Å². The van der Waals surface area contributed by atoms with Gasteiger partial charge in [-0.1, -0.05) is 22.9 Å². The number of carbonyl (C=O) groups excluding carboxylic acids is 3. The molecule has 1 saturated heterocycles. The normalized spacial score (nSPS) is 15.5. The Hall–Kier alpha value is -3.67. The zero-order valence-corrected chi connectivity index (χ0v) is 19.5. The number of urea groups is 1. The van der Waals surface area contributed by atoms with Crippen molar-refractivity contribution < 1.29 is 33.2 Å². The quantitative estimate of drug-likeness (QED) is 0.180. The molecule has 1 aromatic heterocycles. The van der Waals surface area contributed by atoms with Gasteiger partial charge in [0.05, 0.1) is 24.7 Å². The third-order valence-corrected chi connectivity index (χ3v) is 5.24. The molecule has 0 aliphatic carbocycles. The fourth-order valence-electron chi connectivity index (χ4n) is 2.96. The SMILES string of the molecule is CC[C@H](C)Oc1c(/C=C2\NC(=O)N(Cc3ccc(C(=O)OC)o3)C2=O)cc(Br)cc1[N+](=O)[O-]. The molecule has 1 atom stereocenters. The van der Waals surface area contributed by atoms with Crippen LogP contribution in [0.25, 0.3) is 6.08 Å². The number of rotatable bonds is 8. The van der Waals surface area contributed by atoms with Gasteiger partial charge in [-0.25, -0.2) is 9.59 Å². The minimum atomic E-state index is -0.712. The van der Waals surface area contributed by atoms with Gasteiger partial charge in [-0.05, 0) is 37.6 Å². The van der Waals surface area contributed by atoms with Crippen molar-refractivity contribution in [3.8, 4) is 5.75 Å². The first-order valence-corrected chi connectivity index (χ1v) is 10.6. The third kappa shape index (κ3) is 5.22. The summed E-state index contributed by atoms with van der Waals surface area (Å²) in [6, 6.07) is 4.96. The van der Waals surface area contributed by atoms with Crippen LogP contribution in [0, 0.1) is 10.1 Å². The average molecular weight is 522 g/mol. The van der Waals surface area contributed by atoms with Crippen LogP contribution >= 0.6 is 15.9 Å². The summed E-state index contributed by atoms with van der Waals surface area (Å²) in [5, 5.41) is 14.0. The first kappa shape index (κ1) is 24.0. The summed E-state index contributed by atoms with van der Waals surface area (Å²) in [5.74, 6) is -1.25. The van der Waals surface area contributed by atoms with E-state index in [4.69, 9.17) is 9.15 Å². The summed E-state index contributed by atoms with van der Waals surface area (Å²) >= 11 is 3.23. The van der Waals surface area contributed by atoms with Crippen molar-refractivity contribution in [2.45, 2.75) is 32.9 Å². The number of nitro benzene ring substituents is 1. The molecule has 0 unspecified atom stereocenters. The van der Waals surface area contributed by atoms with Gasteiger partial charge in [-0.2, -0.15) is 0 Å². The standard InChI is InChI=1S/C21H20BrN3O8/c1-4-11(2)32-18-12(7-13(22)9-16(18)25(29)30)8-15-19(26)24(21(28)23-15)10-14-5-6-17(33-14)20(27)31-3/h5-9,11H,4,10H2,1-3H3,(H,23,28)/b15-8-/t11-/m0/s1. The molecule has 3 rings (SSSR count). The summed E-state index contributed by atoms with van der Waals surface area (Å²) in [6.07, 6.45) is 1.59. The molecule has 11 nitrogen and oxygen atoms in total. The highest BCUT2D eigenvalue weighted by Crippen LogP contribution is 2.37. The van der Waals surface area contributed by atoms with Crippen LogP contribution in [0.1, 0.15) is 42.1 Å². The highest BCUT2D eigenvalue weighted by atomic mass is 79.9. The van der Waals surface area contributed by atoms with Gasteiger partial charge in [0.2, 0.25) is 11.5 Å². The Bertz CT molecular complexity index is 1160. The Morgan fingerprint density at radius 3 is 2.73 bits per heavy atom. The number of halogens is 1. The number of hydrogen-bond donors (Lipinski definition) is 1. The number of hydrogen-bond acceptors (Lipinski definition) is 8. The van der Waals surface area contributed by atoms with Gasteiger partial charge >= 0.3 is 17.7 Å². The first-order valence-electron chi connectivity index (χ1n) is 9.80. The van der Waals surface area contributed by atoms with Crippen LogP contribution in [-0.2, 0) is 16.1 Å². The minimum absolute atomic E-state index is 0.0145. The fourth-order valence-corrected chi connectivity index (χ4v) is 3.42. The molecule has 33 heavy (non-hydrogen) atoms. The molecule has 1 aliphatic heterocycles. The second kappa shape index (κ2) is 9.86. The predicted octanol–water partition coefficient (Wildman–Crippen LogP) is 4.01. The lowest BCUT2D eigenvalue weighted by molar-refractivity contribution is -0.386. The van der Waals surface area contributed by atoms with Crippen LogP contribution in [0.5, 0.6) is 5.75 Å². The van der Waals surface area contributed by atoms with E-state index in [1.54, 1.807) is 13.0 Å². The number of methoxy groups -OCH3 is 1. The largest absolute Gasteiger partial charge is 0.483 e. The molecule has 1 aromatic carbocycles. The molecule has 0 bridgehead atoms. The van der Waals surface area contributed by atoms with Crippen molar-refractivity contribution in [3.05, 3.63) is 61.6 Å². The molecule has 174 valence electrons.